The van der Waals surface area contributed by atoms with Crippen molar-refractivity contribution < 1.29 is 4.39 Å². The molecule has 0 aliphatic carbocycles. The van der Waals surface area contributed by atoms with E-state index in [9.17, 15) is 4.39 Å². The van der Waals surface area contributed by atoms with Crippen molar-refractivity contribution in [1.82, 2.24) is 4.98 Å². The van der Waals surface area contributed by atoms with Gasteiger partial charge < -0.3 is 5.73 Å². The Hall–Kier alpha value is -2.42. The number of nitrogens with two attached hydrogens (primary N) is 1. The van der Waals surface area contributed by atoms with Gasteiger partial charge in [0.1, 0.15) is 11.6 Å². The van der Waals surface area contributed by atoms with E-state index in [-0.39, 0.29) is 5.82 Å². The van der Waals surface area contributed by atoms with E-state index in [0.717, 1.165) is 22.0 Å². The molecule has 3 aromatic rings. The van der Waals surface area contributed by atoms with Crippen LogP contribution in [-0.2, 0) is 0 Å². The number of fused-ring (bicyclic) bond motifs is 1. The fourth-order valence-corrected chi connectivity index (χ4v) is 2.29. The van der Waals surface area contributed by atoms with Crippen LogP contribution in [-0.4, -0.2) is 4.98 Å². The molecule has 0 spiro atoms. The molecule has 0 bridgehead atoms. The fraction of sp³-hybridized carbons (Fsp3) is 0.0625. The lowest BCUT2D eigenvalue weighted by Crippen LogP contribution is -1.93. The van der Waals surface area contributed by atoms with Crippen molar-refractivity contribution in [3.63, 3.8) is 0 Å². The number of hydrogen-bond acceptors (Lipinski definition) is 2. The van der Waals surface area contributed by atoms with Crippen molar-refractivity contribution in [3.8, 4) is 11.1 Å². The quantitative estimate of drug-likeness (QED) is 0.712. The van der Waals surface area contributed by atoms with Gasteiger partial charge in [0.05, 0.1) is 5.52 Å². The van der Waals surface area contributed by atoms with Crippen LogP contribution in [0.3, 0.4) is 0 Å². The second-order valence-corrected chi connectivity index (χ2v) is 4.58. The van der Waals surface area contributed by atoms with Gasteiger partial charge in [-0.05, 0) is 36.2 Å². The lowest BCUT2D eigenvalue weighted by molar-refractivity contribution is 0.631. The van der Waals surface area contributed by atoms with Gasteiger partial charge in [-0.15, -0.1) is 0 Å². The van der Waals surface area contributed by atoms with Crippen LogP contribution in [0.1, 0.15) is 5.56 Å². The Morgan fingerprint density at radius 2 is 1.84 bits per heavy atom. The standard InChI is InChI=1S/C16H13FN2/c1-10-8-16(18)19-15-9-11(6-7-12(10)15)13-4-2-3-5-14(13)17/h2-9H,1H3,(H2,18,19). The number of halogens is 1. The second-order valence-electron chi connectivity index (χ2n) is 4.58. The molecule has 0 radical (unpaired) electrons. The van der Waals surface area contributed by atoms with E-state index in [2.05, 4.69) is 4.98 Å². The van der Waals surface area contributed by atoms with Crippen LogP contribution in [0.4, 0.5) is 10.2 Å². The summed E-state index contributed by atoms with van der Waals surface area (Å²) in [6.45, 7) is 1.99. The molecule has 0 atom stereocenters. The highest BCUT2D eigenvalue weighted by Gasteiger charge is 2.07. The molecule has 2 N–H and O–H groups in total. The Bertz CT molecular complexity index is 766. The molecule has 94 valence electrons. The van der Waals surface area contributed by atoms with Gasteiger partial charge in [0.15, 0.2) is 0 Å². The third-order valence-electron chi connectivity index (χ3n) is 3.22. The first-order valence-corrected chi connectivity index (χ1v) is 6.07. The number of anilines is 1. The number of aromatic nitrogens is 1. The number of nitrogen functional groups attached to an aromatic ring is 1. The zero-order valence-corrected chi connectivity index (χ0v) is 10.5. The normalized spacial score (nSPS) is 10.8. The van der Waals surface area contributed by atoms with Gasteiger partial charge in [0.25, 0.3) is 0 Å². The Balaban J connectivity index is 2.25. The molecule has 1 heterocycles. The van der Waals surface area contributed by atoms with Gasteiger partial charge in [-0.2, -0.15) is 0 Å². The summed E-state index contributed by atoms with van der Waals surface area (Å²) >= 11 is 0. The lowest BCUT2D eigenvalue weighted by atomic mass is 10.0. The molecule has 0 aliphatic heterocycles. The summed E-state index contributed by atoms with van der Waals surface area (Å²) in [5, 5.41) is 1.04. The van der Waals surface area contributed by atoms with Gasteiger partial charge in [0, 0.05) is 10.9 Å². The average Bonchev–Trinajstić information content (AvgIpc) is 2.38. The third-order valence-corrected chi connectivity index (χ3v) is 3.22. The minimum Gasteiger partial charge on any atom is -0.384 e. The predicted molar refractivity (Wildman–Crippen MR) is 76.3 cm³/mol. The molecule has 0 amide bonds. The summed E-state index contributed by atoms with van der Waals surface area (Å²) in [6, 6.07) is 14.3. The van der Waals surface area contributed by atoms with E-state index in [4.69, 9.17) is 5.73 Å². The summed E-state index contributed by atoms with van der Waals surface area (Å²) in [5.41, 5.74) is 9.00. The second kappa shape index (κ2) is 4.35. The predicted octanol–water partition coefficient (Wildman–Crippen LogP) is 3.93. The first-order valence-electron chi connectivity index (χ1n) is 6.07. The van der Waals surface area contributed by atoms with E-state index >= 15 is 0 Å². The maximum absolute atomic E-state index is 13.8. The zero-order chi connectivity index (χ0) is 13.4. The molecule has 0 fully saturated rings. The van der Waals surface area contributed by atoms with Crippen LogP contribution in [0.5, 0.6) is 0 Å². The molecule has 1 aromatic heterocycles. The highest BCUT2D eigenvalue weighted by molar-refractivity contribution is 5.87. The molecule has 0 aliphatic rings. The summed E-state index contributed by atoms with van der Waals surface area (Å²) in [5.74, 6) is 0.248. The van der Waals surface area contributed by atoms with Crippen LogP contribution in [0.2, 0.25) is 0 Å². The molecular formula is C16H13FN2. The maximum Gasteiger partial charge on any atom is 0.131 e. The van der Waals surface area contributed by atoms with Crippen LogP contribution in [0, 0.1) is 12.7 Å². The molecular weight excluding hydrogens is 239 g/mol. The van der Waals surface area contributed by atoms with E-state index < -0.39 is 0 Å². The molecule has 0 saturated carbocycles. The monoisotopic (exact) mass is 252 g/mol. The van der Waals surface area contributed by atoms with Crippen LogP contribution < -0.4 is 5.73 Å². The van der Waals surface area contributed by atoms with Crippen molar-refractivity contribution in [1.29, 1.82) is 0 Å². The van der Waals surface area contributed by atoms with Crippen LogP contribution in [0.15, 0.2) is 48.5 Å². The largest absolute Gasteiger partial charge is 0.384 e. The van der Waals surface area contributed by atoms with Crippen LogP contribution >= 0.6 is 0 Å². The molecule has 3 rings (SSSR count). The van der Waals surface area contributed by atoms with Gasteiger partial charge in [-0.25, -0.2) is 9.37 Å². The van der Waals surface area contributed by atoms with Gasteiger partial charge in [-0.3, -0.25) is 0 Å². The Morgan fingerprint density at radius 1 is 1.05 bits per heavy atom. The number of aryl methyl sites for hydroxylation is 1. The van der Waals surface area contributed by atoms with E-state index in [1.54, 1.807) is 12.1 Å². The first kappa shape index (κ1) is 11.7. The topological polar surface area (TPSA) is 38.9 Å². The number of benzene rings is 2. The third kappa shape index (κ3) is 2.03. The fourth-order valence-electron chi connectivity index (χ4n) is 2.29. The molecule has 0 saturated heterocycles. The van der Waals surface area contributed by atoms with Crippen LogP contribution in [0.25, 0.3) is 22.0 Å². The van der Waals surface area contributed by atoms with E-state index in [1.807, 2.05) is 37.3 Å². The minimum absolute atomic E-state index is 0.234. The molecule has 2 nitrogen and oxygen atoms in total. The summed E-state index contributed by atoms with van der Waals surface area (Å²) in [4.78, 5) is 4.31. The Labute approximate surface area is 110 Å². The number of nitrogens with zero attached hydrogens (tertiary/aromatic N) is 1. The Morgan fingerprint density at radius 3 is 2.63 bits per heavy atom. The minimum atomic E-state index is -0.234. The SMILES string of the molecule is Cc1cc(N)nc2cc(-c3ccccc3F)ccc12. The smallest absolute Gasteiger partial charge is 0.131 e. The number of hydrogen-bond donors (Lipinski definition) is 1. The van der Waals surface area contributed by atoms with Crippen molar-refractivity contribution >= 4 is 16.7 Å². The molecule has 19 heavy (non-hydrogen) atoms. The van der Waals surface area contributed by atoms with Crippen molar-refractivity contribution in [3.05, 3.63) is 59.9 Å². The first-order chi connectivity index (χ1) is 9.15. The highest BCUT2D eigenvalue weighted by atomic mass is 19.1. The van der Waals surface area contributed by atoms with Gasteiger partial charge in [0.2, 0.25) is 0 Å². The molecule has 0 unspecified atom stereocenters. The zero-order valence-electron chi connectivity index (χ0n) is 10.5. The number of rotatable bonds is 1. The van der Waals surface area contributed by atoms with E-state index in [0.29, 0.717) is 11.4 Å². The Kier molecular flexibility index (Phi) is 2.67. The van der Waals surface area contributed by atoms with Crippen molar-refractivity contribution in [2.45, 2.75) is 6.92 Å². The number of pyridine rings is 1. The summed E-state index contributed by atoms with van der Waals surface area (Å²) in [7, 11) is 0. The van der Waals surface area contributed by atoms with Crippen molar-refractivity contribution in [2.24, 2.45) is 0 Å². The molecule has 3 heteroatoms. The maximum atomic E-state index is 13.8. The highest BCUT2D eigenvalue weighted by Crippen LogP contribution is 2.27. The van der Waals surface area contributed by atoms with Crippen molar-refractivity contribution in [2.75, 3.05) is 5.73 Å². The summed E-state index contributed by atoms with van der Waals surface area (Å²) in [6.07, 6.45) is 0. The average molecular weight is 252 g/mol. The van der Waals surface area contributed by atoms with Gasteiger partial charge >= 0.3 is 0 Å². The molecule has 2 aromatic carbocycles. The van der Waals surface area contributed by atoms with Gasteiger partial charge in [-0.1, -0.05) is 30.3 Å². The lowest BCUT2D eigenvalue weighted by Gasteiger charge is -2.07. The summed E-state index contributed by atoms with van der Waals surface area (Å²) < 4.78 is 13.8. The van der Waals surface area contributed by atoms with E-state index in [1.165, 1.54) is 6.07 Å².